The van der Waals surface area contributed by atoms with Crippen LogP contribution in [0.15, 0.2) is 17.5 Å². The van der Waals surface area contributed by atoms with E-state index in [0.717, 1.165) is 25.9 Å². The Morgan fingerprint density at radius 3 is 2.93 bits per heavy atom. The monoisotopic (exact) mass is 225 g/mol. The van der Waals surface area contributed by atoms with E-state index in [1.807, 2.05) is 11.3 Å². The van der Waals surface area contributed by atoms with E-state index in [9.17, 15) is 0 Å². The Morgan fingerprint density at radius 1 is 1.53 bits per heavy atom. The van der Waals surface area contributed by atoms with Crippen molar-refractivity contribution >= 4 is 17.2 Å². The molecule has 1 heterocycles. The normalized spacial score (nSPS) is 10.8. The van der Waals surface area contributed by atoms with Crippen LogP contribution in [0.1, 0.15) is 17.7 Å². The molecule has 0 saturated carbocycles. The van der Waals surface area contributed by atoms with E-state index >= 15 is 0 Å². The average molecular weight is 225 g/mol. The molecule has 0 aliphatic heterocycles. The minimum Gasteiger partial charge on any atom is -0.388 e. The summed E-state index contributed by atoms with van der Waals surface area (Å²) in [6, 6.07) is 4.27. The highest BCUT2D eigenvalue weighted by molar-refractivity contribution is 7.09. The molecular weight excluding hydrogens is 206 g/mol. The van der Waals surface area contributed by atoms with Gasteiger partial charge in [-0.15, -0.1) is 11.3 Å². The summed E-state index contributed by atoms with van der Waals surface area (Å²) in [6.45, 7) is 2.10. The van der Waals surface area contributed by atoms with Gasteiger partial charge < -0.3 is 10.6 Å². The molecule has 1 aromatic heterocycles. The summed E-state index contributed by atoms with van der Waals surface area (Å²) in [7, 11) is 2.12. The van der Waals surface area contributed by atoms with Crippen molar-refractivity contribution in [2.75, 3.05) is 20.1 Å². The fourth-order valence-electron chi connectivity index (χ4n) is 1.41. The van der Waals surface area contributed by atoms with Gasteiger partial charge in [0.15, 0.2) is 0 Å². The molecule has 0 bridgehead atoms. The maximum Gasteiger partial charge on any atom is 0.0905 e. The van der Waals surface area contributed by atoms with Gasteiger partial charge in [-0.1, -0.05) is 6.07 Å². The van der Waals surface area contributed by atoms with E-state index in [-0.39, 0.29) is 0 Å². The maximum absolute atomic E-state index is 7.12. The minimum absolute atomic E-state index is 0.293. The molecular formula is C11H19N3S. The summed E-state index contributed by atoms with van der Waals surface area (Å²) in [5.41, 5.74) is 5.30. The largest absolute Gasteiger partial charge is 0.388 e. The van der Waals surface area contributed by atoms with E-state index in [1.54, 1.807) is 0 Å². The van der Waals surface area contributed by atoms with Crippen LogP contribution in [0.25, 0.3) is 0 Å². The van der Waals surface area contributed by atoms with Gasteiger partial charge >= 0.3 is 0 Å². The molecule has 3 nitrogen and oxygen atoms in total. The molecule has 0 saturated heterocycles. The third-order valence-corrected chi connectivity index (χ3v) is 3.24. The molecule has 0 atom stereocenters. The molecule has 1 rings (SSSR count). The Balaban J connectivity index is 2.08. The summed E-state index contributed by atoms with van der Waals surface area (Å²) >= 11 is 1.81. The second-order valence-corrected chi connectivity index (χ2v) is 4.79. The highest BCUT2D eigenvalue weighted by Crippen LogP contribution is 2.09. The molecule has 0 aliphatic rings. The van der Waals surface area contributed by atoms with Crippen molar-refractivity contribution < 1.29 is 0 Å². The Morgan fingerprint density at radius 2 is 2.33 bits per heavy atom. The maximum atomic E-state index is 7.12. The number of likely N-dealkylation sites (N-methyl/N-ethyl adjacent to an activating group) is 1. The lowest BCUT2D eigenvalue weighted by Gasteiger charge is -2.15. The van der Waals surface area contributed by atoms with Crippen molar-refractivity contribution in [3.63, 3.8) is 0 Å². The zero-order valence-corrected chi connectivity index (χ0v) is 10.0. The van der Waals surface area contributed by atoms with Crippen LogP contribution >= 0.6 is 11.3 Å². The van der Waals surface area contributed by atoms with Gasteiger partial charge in [0, 0.05) is 17.8 Å². The third kappa shape index (κ3) is 5.54. The molecule has 1 aromatic rings. The number of thiophene rings is 1. The summed E-state index contributed by atoms with van der Waals surface area (Å²) in [4.78, 5) is 3.73. The standard InChI is InChI=1S/C11H19N3S/c1-14(7-2-5-11(12)13)8-6-10-4-3-9-15-10/h3-4,9H,2,5-8H2,1H3,(H3,12,13). The first-order valence-electron chi connectivity index (χ1n) is 5.22. The molecule has 15 heavy (non-hydrogen) atoms. The number of nitrogens with zero attached hydrogens (tertiary/aromatic N) is 1. The Hall–Kier alpha value is -0.870. The van der Waals surface area contributed by atoms with Gasteiger partial charge in [0.2, 0.25) is 0 Å². The van der Waals surface area contributed by atoms with E-state index < -0.39 is 0 Å². The van der Waals surface area contributed by atoms with Gasteiger partial charge in [-0.3, -0.25) is 5.41 Å². The predicted octanol–water partition coefficient (Wildman–Crippen LogP) is 1.94. The average Bonchev–Trinajstić information content (AvgIpc) is 2.66. The molecule has 0 radical (unpaired) electrons. The second-order valence-electron chi connectivity index (χ2n) is 3.76. The van der Waals surface area contributed by atoms with E-state index in [4.69, 9.17) is 11.1 Å². The van der Waals surface area contributed by atoms with E-state index in [0.29, 0.717) is 12.3 Å². The number of hydrogen-bond acceptors (Lipinski definition) is 3. The molecule has 0 spiro atoms. The lowest BCUT2D eigenvalue weighted by Crippen LogP contribution is -2.23. The Kier molecular flexibility index (Phi) is 5.36. The van der Waals surface area contributed by atoms with Crippen molar-refractivity contribution in [2.45, 2.75) is 19.3 Å². The summed E-state index contributed by atoms with van der Waals surface area (Å²) in [5, 5.41) is 9.23. The Bertz CT molecular complexity index is 282. The van der Waals surface area contributed by atoms with E-state index in [2.05, 4.69) is 29.5 Å². The molecule has 3 N–H and O–H groups in total. The lowest BCUT2D eigenvalue weighted by atomic mass is 10.2. The highest BCUT2D eigenvalue weighted by Gasteiger charge is 2.00. The summed E-state index contributed by atoms with van der Waals surface area (Å²) in [5.74, 6) is 0.293. The number of rotatable bonds is 7. The van der Waals surface area contributed by atoms with Crippen molar-refractivity contribution in [2.24, 2.45) is 5.73 Å². The first kappa shape index (κ1) is 12.2. The zero-order chi connectivity index (χ0) is 11.1. The SMILES string of the molecule is CN(CCCC(=N)N)CCc1cccs1. The Labute approximate surface area is 95.4 Å². The van der Waals surface area contributed by atoms with Crippen LogP contribution in [-0.2, 0) is 6.42 Å². The number of hydrogen-bond donors (Lipinski definition) is 2. The topological polar surface area (TPSA) is 53.1 Å². The van der Waals surface area contributed by atoms with Crippen LogP contribution in [0, 0.1) is 5.41 Å². The molecule has 0 unspecified atom stereocenters. The molecule has 4 heteroatoms. The van der Waals surface area contributed by atoms with Crippen LogP contribution in [0.4, 0.5) is 0 Å². The van der Waals surface area contributed by atoms with Crippen LogP contribution in [-0.4, -0.2) is 30.9 Å². The summed E-state index contributed by atoms with van der Waals surface area (Å²) < 4.78 is 0. The van der Waals surface area contributed by atoms with Crippen LogP contribution < -0.4 is 5.73 Å². The first-order valence-corrected chi connectivity index (χ1v) is 6.10. The smallest absolute Gasteiger partial charge is 0.0905 e. The van der Waals surface area contributed by atoms with Crippen molar-refractivity contribution in [3.8, 4) is 0 Å². The lowest BCUT2D eigenvalue weighted by molar-refractivity contribution is 0.336. The van der Waals surface area contributed by atoms with Gasteiger partial charge in [0.1, 0.15) is 0 Å². The van der Waals surface area contributed by atoms with Gasteiger partial charge in [-0.25, -0.2) is 0 Å². The minimum atomic E-state index is 0.293. The first-order chi connectivity index (χ1) is 7.18. The molecule has 84 valence electrons. The molecule has 0 amide bonds. The quantitative estimate of drug-likeness (QED) is 0.550. The summed E-state index contributed by atoms with van der Waals surface area (Å²) in [6.07, 6.45) is 2.81. The van der Waals surface area contributed by atoms with Gasteiger partial charge in [0.25, 0.3) is 0 Å². The van der Waals surface area contributed by atoms with Gasteiger partial charge in [-0.05, 0) is 37.9 Å². The van der Waals surface area contributed by atoms with Gasteiger partial charge in [0.05, 0.1) is 5.84 Å². The third-order valence-electron chi connectivity index (χ3n) is 2.31. The van der Waals surface area contributed by atoms with Crippen LogP contribution in [0.5, 0.6) is 0 Å². The number of nitrogens with one attached hydrogen (secondary N) is 1. The second kappa shape index (κ2) is 6.58. The van der Waals surface area contributed by atoms with E-state index in [1.165, 1.54) is 4.88 Å². The predicted molar refractivity (Wildman–Crippen MR) is 66.7 cm³/mol. The molecule has 0 aromatic carbocycles. The molecule has 0 fully saturated rings. The van der Waals surface area contributed by atoms with Crippen LogP contribution in [0.3, 0.4) is 0 Å². The number of nitrogens with two attached hydrogens (primary N) is 1. The zero-order valence-electron chi connectivity index (χ0n) is 9.20. The van der Waals surface area contributed by atoms with Crippen LogP contribution in [0.2, 0.25) is 0 Å². The fraction of sp³-hybridized carbons (Fsp3) is 0.545. The highest BCUT2D eigenvalue weighted by atomic mass is 32.1. The molecule has 0 aliphatic carbocycles. The fourth-order valence-corrected chi connectivity index (χ4v) is 2.11. The number of amidine groups is 1. The van der Waals surface area contributed by atoms with Crippen molar-refractivity contribution in [1.29, 1.82) is 5.41 Å². The van der Waals surface area contributed by atoms with Crippen molar-refractivity contribution in [1.82, 2.24) is 4.90 Å². The van der Waals surface area contributed by atoms with Crippen molar-refractivity contribution in [3.05, 3.63) is 22.4 Å². The van der Waals surface area contributed by atoms with Gasteiger partial charge in [-0.2, -0.15) is 0 Å².